The number of para-hydroxylation sites is 1. The third-order valence-electron chi connectivity index (χ3n) is 11.5. The van der Waals surface area contributed by atoms with Gasteiger partial charge < -0.3 is 4.57 Å². The Balaban J connectivity index is 0.990. The van der Waals surface area contributed by atoms with Crippen LogP contribution in [-0.2, 0) is 0 Å². The Morgan fingerprint density at radius 2 is 0.639 bits per heavy atom. The molecule has 2 heterocycles. The van der Waals surface area contributed by atoms with Gasteiger partial charge in [0.1, 0.15) is 0 Å². The molecule has 0 aliphatic rings. The van der Waals surface area contributed by atoms with Crippen LogP contribution in [0.15, 0.2) is 231 Å². The zero-order valence-corrected chi connectivity index (χ0v) is 33.2. The van der Waals surface area contributed by atoms with Crippen molar-refractivity contribution in [1.29, 1.82) is 0 Å². The van der Waals surface area contributed by atoms with E-state index in [1.807, 2.05) is 24.3 Å². The second-order valence-electron chi connectivity index (χ2n) is 15.2. The first-order valence-corrected chi connectivity index (χ1v) is 20.6. The third-order valence-corrected chi connectivity index (χ3v) is 11.5. The molecule has 0 atom stereocenters. The molecule has 0 saturated carbocycles. The SMILES string of the molecule is c1ccc(-c2ccc(-c3ccc(-c4nc(-c5ccccc5)nc(-c5cccc6c5c5ccccc5n6-c5ccc(-c6cccc(-c7ccccc7)c6)cc5)n4)cc3)cc2)cc1. The van der Waals surface area contributed by atoms with E-state index in [0.29, 0.717) is 17.5 Å². The summed E-state index contributed by atoms with van der Waals surface area (Å²) in [4.78, 5) is 15.5. The summed E-state index contributed by atoms with van der Waals surface area (Å²) in [5, 5.41) is 2.24. The highest BCUT2D eigenvalue weighted by Gasteiger charge is 2.20. The number of nitrogens with zero attached hydrogens (tertiary/aromatic N) is 4. The van der Waals surface area contributed by atoms with Crippen molar-refractivity contribution >= 4 is 21.8 Å². The van der Waals surface area contributed by atoms with Crippen LogP contribution in [0, 0.1) is 0 Å². The highest BCUT2D eigenvalue weighted by Crippen LogP contribution is 2.39. The summed E-state index contributed by atoms with van der Waals surface area (Å²) in [6.07, 6.45) is 0. The maximum atomic E-state index is 5.23. The molecule has 0 bridgehead atoms. The maximum absolute atomic E-state index is 5.23. The van der Waals surface area contributed by atoms with Crippen LogP contribution in [-0.4, -0.2) is 19.5 Å². The summed E-state index contributed by atoms with van der Waals surface area (Å²) < 4.78 is 2.35. The van der Waals surface area contributed by atoms with Gasteiger partial charge in [-0.1, -0.05) is 200 Å². The molecule has 0 radical (unpaired) electrons. The van der Waals surface area contributed by atoms with Crippen molar-refractivity contribution in [2.75, 3.05) is 0 Å². The van der Waals surface area contributed by atoms with E-state index in [4.69, 9.17) is 15.0 Å². The molecule has 286 valence electrons. The second kappa shape index (κ2) is 15.5. The summed E-state index contributed by atoms with van der Waals surface area (Å²) in [5.74, 6) is 1.89. The van der Waals surface area contributed by atoms with Crippen LogP contribution in [0.1, 0.15) is 0 Å². The van der Waals surface area contributed by atoms with Gasteiger partial charge in [0.2, 0.25) is 0 Å². The highest BCUT2D eigenvalue weighted by atomic mass is 15.0. The van der Waals surface area contributed by atoms with Crippen LogP contribution >= 0.6 is 0 Å². The molecule has 0 N–H and O–H groups in total. The Hall–Kier alpha value is -8.21. The predicted molar refractivity (Wildman–Crippen MR) is 252 cm³/mol. The van der Waals surface area contributed by atoms with Crippen LogP contribution in [0.3, 0.4) is 0 Å². The van der Waals surface area contributed by atoms with Crippen molar-refractivity contribution in [1.82, 2.24) is 19.5 Å². The van der Waals surface area contributed by atoms with E-state index in [9.17, 15) is 0 Å². The number of fused-ring (bicyclic) bond motifs is 3. The lowest BCUT2D eigenvalue weighted by Crippen LogP contribution is -2.00. The number of hydrogen-bond donors (Lipinski definition) is 0. The lowest BCUT2D eigenvalue weighted by atomic mass is 9.99. The summed E-state index contributed by atoms with van der Waals surface area (Å²) in [7, 11) is 0. The van der Waals surface area contributed by atoms with E-state index in [2.05, 4.69) is 211 Å². The maximum Gasteiger partial charge on any atom is 0.164 e. The first-order valence-electron chi connectivity index (χ1n) is 20.6. The number of rotatable bonds is 8. The molecule has 0 aliphatic heterocycles. The minimum Gasteiger partial charge on any atom is -0.309 e. The van der Waals surface area contributed by atoms with Crippen molar-refractivity contribution < 1.29 is 0 Å². The minimum absolute atomic E-state index is 0.627. The zero-order valence-electron chi connectivity index (χ0n) is 33.2. The Bertz CT molecular complexity index is 3300. The van der Waals surface area contributed by atoms with Crippen molar-refractivity contribution in [3.8, 4) is 84.4 Å². The van der Waals surface area contributed by atoms with Gasteiger partial charge in [0.15, 0.2) is 17.5 Å². The first-order chi connectivity index (χ1) is 30.2. The average Bonchev–Trinajstić information content (AvgIpc) is 3.69. The molecule has 0 fully saturated rings. The fraction of sp³-hybridized carbons (Fsp3) is 0. The van der Waals surface area contributed by atoms with Gasteiger partial charge in [0.05, 0.1) is 11.0 Å². The summed E-state index contributed by atoms with van der Waals surface area (Å²) in [6, 6.07) is 81.1. The van der Waals surface area contributed by atoms with Gasteiger partial charge in [-0.3, -0.25) is 0 Å². The normalized spacial score (nSPS) is 11.3. The smallest absolute Gasteiger partial charge is 0.164 e. The molecule has 11 rings (SSSR count). The second-order valence-corrected chi connectivity index (χ2v) is 15.2. The molecule has 61 heavy (non-hydrogen) atoms. The Labute approximate surface area is 354 Å². The Morgan fingerprint density at radius 1 is 0.262 bits per heavy atom. The Kier molecular flexibility index (Phi) is 9.14. The monoisotopic (exact) mass is 778 g/mol. The molecule has 4 nitrogen and oxygen atoms in total. The zero-order chi connectivity index (χ0) is 40.5. The minimum atomic E-state index is 0.627. The van der Waals surface area contributed by atoms with Gasteiger partial charge in [-0.25, -0.2) is 15.0 Å². The fourth-order valence-corrected chi connectivity index (χ4v) is 8.44. The van der Waals surface area contributed by atoms with Crippen molar-refractivity contribution in [2.24, 2.45) is 0 Å². The number of benzene rings is 9. The Morgan fingerprint density at radius 3 is 1.23 bits per heavy atom. The van der Waals surface area contributed by atoms with Gasteiger partial charge in [0, 0.05) is 33.2 Å². The van der Waals surface area contributed by atoms with Crippen LogP contribution in [0.4, 0.5) is 0 Å². The van der Waals surface area contributed by atoms with Gasteiger partial charge in [-0.2, -0.15) is 0 Å². The predicted octanol–water partition coefficient (Wildman–Crippen LogP) is 14.6. The van der Waals surface area contributed by atoms with Gasteiger partial charge in [0.25, 0.3) is 0 Å². The summed E-state index contributed by atoms with van der Waals surface area (Å²) in [5.41, 5.74) is 15.6. The first kappa shape index (κ1) is 35.9. The van der Waals surface area contributed by atoms with Gasteiger partial charge >= 0.3 is 0 Å². The lowest BCUT2D eigenvalue weighted by molar-refractivity contribution is 1.08. The largest absolute Gasteiger partial charge is 0.309 e. The molecule has 0 saturated heterocycles. The van der Waals surface area contributed by atoms with Gasteiger partial charge in [-0.05, 0) is 74.8 Å². The van der Waals surface area contributed by atoms with Crippen molar-refractivity contribution in [3.05, 3.63) is 231 Å². The van der Waals surface area contributed by atoms with Gasteiger partial charge in [-0.15, -0.1) is 0 Å². The molecule has 0 amide bonds. The van der Waals surface area contributed by atoms with E-state index in [1.165, 1.54) is 33.4 Å². The number of hydrogen-bond acceptors (Lipinski definition) is 3. The molecular weight excluding hydrogens is 741 g/mol. The van der Waals surface area contributed by atoms with Crippen LogP contribution in [0.25, 0.3) is 106 Å². The fourth-order valence-electron chi connectivity index (χ4n) is 8.44. The van der Waals surface area contributed by atoms with E-state index in [1.54, 1.807) is 0 Å². The molecule has 9 aromatic carbocycles. The highest BCUT2D eigenvalue weighted by molar-refractivity contribution is 6.15. The van der Waals surface area contributed by atoms with Crippen LogP contribution in [0.2, 0.25) is 0 Å². The van der Waals surface area contributed by atoms with E-state index < -0.39 is 0 Å². The van der Waals surface area contributed by atoms with E-state index >= 15 is 0 Å². The molecule has 0 aliphatic carbocycles. The average molecular weight is 779 g/mol. The lowest BCUT2D eigenvalue weighted by Gasteiger charge is -2.11. The van der Waals surface area contributed by atoms with E-state index in [-0.39, 0.29) is 0 Å². The van der Waals surface area contributed by atoms with E-state index in [0.717, 1.165) is 55.3 Å². The molecule has 0 spiro atoms. The molecular formula is C57H38N4. The van der Waals surface area contributed by atoms with Crippen LogP contribution in [0.5, 0.6) is 0 Å². The third kappa shape index (κ3) is 6.86. The number of aromatic nitrogens is 4. The topological polar surface area (TPSA) is 43.6 Å². The van der Waals surface area contributed by atoms with Crippen LogP contribution < -0.4 is 0 Å². The summed E-state index contributed by atoms with van der Waals surface area (Å²) >= 11 is 0. The molecule has 2 aromatic heterocycles. The summed E-state index contributed by atoms with van der Waals surface area (Å²) in [6.45, 7) is 0. The molecule has 11 aromatic rings. The molecule has 0 unspecified atom stereocenters. The standard InChI is InChI=1S/C57H38N4/c1-4-14-39(15-5-1)41-26-28-42(29-27-41)43-30-32-46(33-31-43)56-58-55(45-18-8-3-9-19-45)59-57(60-56)51-23-13-25-53-54(51)50-22-10-11-24-52(50)61(53)49-36-34-44(35-37-49)48-21-12-20-47(38-48)40-16-6-2-7-17-40/h1-38H. The molecule has 4 heteroatoms. The van der Waals surface area contributed by atoms with Crippen molar-refractivity contribution in [2.45, 2.75) is 0 Å². The quantitative estimate of drug-likeness (QED) is 0.154. The van der Waals surface area contributed by atoms with Crippen molar-refractivity contribution in [3.63, 3.8) is 0 Å².